The number of pyridine rings is 2. The van der Waals surface area contributed by atoms with E-state index in [1.165, 1.54) is 0 Å². The molecule has 0 fully saturated rings. The molecule has 0 saturated carbocycles. The molecule has 11 rings (SSSR count). The van der Waals surface area contributed by atoms with Crippen molar-refractivity contribution in [2.45, 2.75) is 0 Å². The topological polar surface area (TPSA) is 88.2 Å². The van der Waals surface area contributed by atoms with Crippen LogP contribution in [0.25, 0.3) is 111 Å². The molecule has 278 valence electrons. The normalized spacial score (nSPS) is 11.3. The van der Waals surface area contributed by atoms with Crippen molar-refractivity contribution in [1.29, 1.82) is 5.26 Å². The minimum atomic E-state index is 0.614. The Kier molecular flexibility index (Phi) is 8.42. The van der Waals surface area contributed by atoms with Gasteiger partial charge >= 0.3 is 0 Å². The second-order valence-corrected chi connectivity index (χ2v) is 14.8. The Morgan fingerprint density at radius 2 is 0.800 bits per heavy atom. The minimum absolute atomic E-state index is 0.614. The average molecular weight is 765 g/mol. The molecule has 0 bridgehead atoms. The molecule has 0 atom stereocenters. The molecule has 0 spiro atoms. The number of fused-ring (bicyclic) bond motifs is 6. The third-order valence-corrected chi connectivity index (χ3v) is 11.2. The lowest BCUT2D eigenvalue weighted by atomic mass is 9.88. The molecule has 0 unspecified atom stereocenters. The summed E-state index contributed by atoms with van der Waals surface area (Å²) < 4.78 is 0. The molecular weight excluding hydrogens is 733 g/mol. The fourth-order valence-electron chi connectivity index (χ4n) is 8.40. The first-order valence-corrected chi connectivity index (χ1v) is 19.8. The Hall–Kier alpha value is -8.40. The molecule has 0 aliphatic carbocycles. The summed E-state index contributed by atoms with van der Waals surface area (Å²) in [5, 5.41) is 16.0. The van der Waals surface area contributed by atoms with E-state index in [0.717, 1.165) is 93.4 Å². The molecule has 6 nitrogen and oxygen atoms in total. The summed E-state index contributed by atoms with van der Waals surface area (Å²) >= 11 is 0. The van der Waals surface area contributed by atoms with E-state index in [1.807, 2.05) is 109 Å². The van der Waals surface area contributed by atoms with Crippen LogP contribution >= 0.6 is 0 Å². The van der Waals surface area contributed by atoms with Crippen molar-refractivity contribution < 1.29 is 0 Å². The maximum absolute atomic E-state index is 9.45. The number of benzene rings is 8. The third-order valence-electron chi connectivity index (χ3n) is 11.2. The van der Waals surface area contributed by atoms with E-state index in [0.29, 0.717) is 23.0 Å². The highest BCUT2D eigenvalue weighted by Crippen LogP contribution is 2.43. The summed E-state index contributed by atoms with van der Waals surface area (Å²) in [5.74, 6) is 1.87. The Bertz CT molecular complexity index is 3430. The van der Waals surface area contributed by atoms with Crippen molar-refractivity contribution in [2.75, 3.05) is 0 Å². The lowest BCUT2D eigenvalue weighted by molar-refractivity contribution is 1.07. The number of rotatable bonds is 6. The van der Waals surface area contributed by atoms with Crippen LogP contribution in [-0.4, -0.2) is 24.9 Å². The van der Waals surface area contributed by atoms with Crippen LogP contribution in [0.4, 0.5) is 0 Å². The second kappa shape index (κ2) is 14.5. The Morgan fingerprint density at radius 1 is 0.317 bits per heavy atom. The third kappa shape index (κ3) is 6.01. The van der Waals surface area contributed by atoms with Crippen LogP contribution in [0.1, 0.15) is 5.56 Å². The van der Waals surface area contributed by atoms with Crippen LogP contribution in [-0.2, 0) is 0 Å². The van der Waals surface area contributed by atoms with Gasteiger partial charge in [-0.2, -0.15) is 5.26 Å². The maximum Gasteiger partial charge on any atom is 0.164 e. The minimum Gasteiger partial charge on any atom is -0.256 e. The number of aromatic nitrogens is 5. The van der Waals surface area contributed by atoms with E-state index in [9.17, 15) is 5.26 Å². The summed E-state index contributed by atoms with van der Waals surface area (Å²) in [6.45, 7) is 0. The van der Waals surface area contributed by atoms with E-state index >= 15 is 0 Å². The van der Waals surface area contributed by atoms with Gasteiger partial charge in [0.15, 0.2) is 17.5 Å². The number of hydrogen-bond acceptors (Lipinski definition) is 6. The van der Waals surface area contributed by atoms with Gasteiger partial charge in [-0.15, -0.1) is 0 Å². The van der Waals surface area contributed by atoms with Crippen molar-refractivity contribution in [3.63, 3.8) is 0 Å². The Morgan fingerprint density at radius 3 is 1.42 bits per heavy atom. The van der Waals surface area contributed by atoms with Gasteiger partial charge in [0.1, 0.15) is 0 Å². The summed E-state index contributed by atoms with van der Waals surface area (Å²) in [6, 6.07) is 64.4. The summed E-state index contributed by atoms with van der Waals surface area (Å²) in [5.41, 5.74) is 11.6. The van der Waals surface area contributed by atoms with Gasteiger partial charge in [-0.25, -0.2) is 15.0 Å². The van der Waals surface area contributed by atoms with Crippen LogP contribution in [0.3, 0.4) is 0 Å². The van der Waals surface area contributed by atoms with Gasteiger partial charge in [-0.3, -0.25) is 9.97 Å². The molecule has 60 heavy (non-hydrogen) atoms. The Labute approximate surface area is 345 Å². The van der Waals surface area contributed by atoms with Crippen molar-refractivity contribution >= 4 is 43.4 Å². The van der Waals surface area contributed by atoms with Gasteiger partial charge in [0.05, 0.1) is 22.7 Å². The van der Waals surface area contributed by atoms with Gasteiger partial charge in [0.2, 0.25) is 0 Å². The van der Waals surface area contributed by atoms with E-state index in [-0.39, 0.29) is 0 Å². The SMILES string of the molecule is N#Cc1ccc(-c2cc3c4cccnc4c(-c4ccc(-c5cccc(-c6nc(-c7ccccc7)nc(-c7ccccc7)n6)c5)c5ccccc45)cc3c3cccnc23)cc1. The molecule has 0 radical (unpaired) electrons. The lowest BCUT2D eigenvalue weighted by Crippen LogP contribution is -2.00. The second-order valence-electron chi connectivity index (χ2n) is 14.8. The van der Waals surface area contributed by atoms with E-state index in [2.05, 4.69) is 91.0 Å². The predicted octanol–water partition coefficient (Wildman–Crippen LogP) is 13.1. The zero-order valence-corrected chi connectivity index (χ0v) is 32.2. The smallest absolute Gasteiger partial charge is 0.164 e. The van der Waals surface area contributed by atoms with Crippen LogP contribution in [0.15, 0.2) is 194 Å². The monoisotopic (exact) mass is 764 g/mol. The van der Waals surface area contributed by atoms with Crippen molar-refractivity contribution in [3.05, 3.63) is 200 Å². The van der Waals surface area contributed by atoms with E-state index in [4.69, 9.17) is 24.9 Å². The molecule has 0 N–H and O–H groups in total. The molecule has 6 heteroatoms. The zero-order chi connectivity index (χ0) is 40.0. The zero-order valence-electron chi connectivity index (χ0n) is 32.2. The first-order chi connectivity index (χ1) is 29.7. The standard InChI is InChI=1S/C54H32N6/c55-33-34-22-24-35(25-23-34)46-31-47-45-21-11-29-57-51(45)49(32-48(47)44-20-10-28-56-50(44)46)43-27-26-40(41-18-7-8-19-42(41)43)38-16-9-17-39(30-38)54-59-52(36-12-3-1-4-13-36)58-53(60-54)37-14-5-2-6-15-37/h1-32H. The molecule has 11 aromatic rings. The average Bonchev–Trinajstić information content (AvgIpc) is 3.33. The van der Waals surface area contributed by atoms with E-state index < -0.39 is 0 Å². The molecule has 3 heterocycles. The number of hydrogen-bond donors (Lipinski definition) is 0. The van der Waals surface area contributed by atoms with Gasteiger partial charge in [0, 0.05) is 51.0 Å². The van der Waals surface area contributed by atoms with Gasteiger partial charge < -0.3 is 0 Å². The molecular formula is C54H32N6. The highest BCUT2D eigenvalue weighted by molar-refractivity contribution is 6.23. The van der Waals surface area contributed by atoms with Gasteiger partial charge in [0.25, 0.3) is 0 Å². The molecule has 0 saturated heterocycles. The van der Waals surface area contributed by atoms with Crippen LogP contribution < -0.4 is 0 Å². The highest BCUT2D eigenvalue weighted by atomic mass is 15.0. The van der Waals surface area contributed by atoms with Crippen LogP contribution in [0.2, 0.25) is 0 Å². The quantitative estimate of drug-likeness (QED) is 0.157. The van der Waals surface area contributed by atoms with Crippen LogP contribution in [0.5, 0.6) is 0 Å². The van der Waals surface area contributed by atoms with Crippen molar-refractivity contribution in [3.8, 4) is 73.6 Å². The largest absolute Gasteiger partial charge is 0.256 e. The number of nitrogens with zero attached hydrogens (tertiary/aromatic N) is 6. The van der Waals surface area contributed by atoms with E-state index in [1.54, 1.807) is 0 Å². The van der Waals surface area contributed by atoms with Crippen molar-refractivity contribution in [1.82, 2.24) is 24.9 Å². The summed E-state index contributed by atoms with van der Waals surface area (Å²) in [7, 11) is 0. The highest BCUT2D eigenvalue weighted by Gasteiger charge is 2.19. The molecule has 0 aliphatic rings. The fourth-order valence-corrected chi connectivity index (χ4v) is 8.40. The molecule has 0 aliphatic heterocycles. The van der Waals surface area contributed by atoms with Crippen molar-refractivity contribution in [2.24, 2.45) is 0 Å². The summed E-state index contributed by atoms with van der Waals surface area (Å²) in [4.78, 5) is 24.9. The summed E-state index contributed by atoms with van der Waals surface area (Å²) in [6.07, 6.45) is 3.72. The molecule has 8 aromatic carbocycles. The van der Waals surface area contributed by atoms with Crippen LogP contribution in [0, 0.1) is 11.3 Å². The Balaban J connectivity index is 1.08. The fraction of sp³-hybridized carbons (Fsp3) is 0. The van der Waals surface area contributed by atoms with Gasteiger partial charge in [-0.05, 0) is 86.3 Å². The maximum atomic E-state index is 9.45. The molecule has 3 aromatic heterocycles. The van der Waals surface area contributed by atoms with Gasteiger partial charge in [-0.1, -0.05) is 140 Å². The lowest BCUT2D eigenvalue weighted by Gasteiger charge is -2.17. The molecule has 0 amide bonds. The number of nitriles is 1. The first-order valence-electron chi connectivity index (χ1n) is 19.8. The first kappa shape index (κ1) is 34.8. The predicted molar refractivity (Wildman–Crippen MR) is 243 cm³/mol.